The Labute approximate surface area is 153 Å². The van der Waals surface area contributed by atoms with Gasteiger partial charge in [-0.15, -0.1) is 0 Å². The highest BCUT2D eigenvalue weighted by atomic mass is 16.5. The van der Waals surface area contributed by atoms with E-state index in [-0.39, 0.29) is 19.6 Å². The molecule has 0 aromatic heterocycles. The highest BCUT2D eigenvalue weighted by Crippen LogP contribution is 2.25. The molecule has 138 valence electrons. The van der Waals surface area contributed by atoms with Crippen molar-refractivity contribution in [3.8, 4) is 11.5 Å². The zero-order valence-electron chi connectivity index (χ0n) is 15.2. The lowest BCUT2D eigenvalue weighted by Gasteiger charge is -2.11. The second-order valence-corrected chi connectivity index (χ2v) is 5.82. The third-order valence-electron chi connectivity index (χ3n) is 3.59. The van der Waals surface area contributed by atoms with Gasteiger partial charge in [0, 0.05) is 0 Å². The van der Waals surface area contributed by atoms with E-state index in [4.69, 9.17) is 14.2 Å². The van der Waals surface area contributed by atoms with Crippen LogP contribution >= 0.6 is 0 Å². The van der Waals surface area contributed by atoms with Crippen LogP contribution < -0.4 is 14.8 Å². The predicted molar refractivity (Wildman–Crippen MR) is 98.6 cm³/mol. The van der Waals surface area contributed by atoms with Crippen LogP contribution in [0.2, 0.25) is 0 Å². The van der Waals surface area contributed by atoms with Gasteiger partial charge in [-0.2, -0.15) is 0 Å². The van der Waals surface area contributed by atoms with Crippen molar-refractivity contribution in [1.29, 1.82) is 0 Å². The fourth-order valence-electron chi connectivity index (χ4n) is 2.21. The lowest BCUT2D eigenvalue weighted by Crippen LogP contribution is -2.22. The Bertz CT molecular complexity index is 755. The molecular weight excluding hydrogens is 334 g/mol. The number of hydrogen-bond donors (Lipinski definition) is 1. The molecule has 1 N–H and O–H groups in total. The SMILES string of the molecule is COc1ccc(C)cc1NC(=O)COC(=O)CCOc1ccc(C)cc1. The van der Waals surface area contributed by atoms with Gasteiger partial charge in [0.2, 0.25) is 0 Å². The molecule has 1 amide bonds. The number of amides is 1. The maximum Gasteiger partial charge on any atom is 0.309 e. The van der Waals surface area contributed by atoms with Gasteiger partial charge in [-0.3, -0.25) is 9.59 Å². The molecule has 2 rings (SSSR count). The van der Waals surface area contributed by atoms with E-state index in [9.17, 15) is 9.59 Å². The molecule has 0 saturated heterocycles. The second-order valence-electron chi connectivity index (χ2n) is 5.82. The van der Waals surface area contributed by atoms with Crippen LogP contribution in [0.5, 0.6) is 11.5 Å². The number of esters is 1. The maximum atomic E-state index is 11.9. The summed E-state index contributed by atoms with van der Waals surface area (Å²) in [6.07, 6.45) is 0.0644. The monoisotopic (exact) mass is 357 g/mol. The van der Waals surface area contributed by atoms with Crippen LogP contribution in [-0.4, -0.2) is 32.2 Å². The summed E-state index contributed by atoms with van der Waals surface area (Å²) in [4.78, 5) is 23.7. The summed E-state index contributed by atoms with van der Waals surface area (Å²) in [5, 5.41) is 2.67. The van der Waals surface area contributed by atoms with Crippen LogP contribution in [0.1, 0.15) is 17.5 Å². The zero-order valence-corrected chi connectivity index (χ0v) is 15.2. The van der Waals surface area contributed by atoms with Crippen molar-refractivity contribution >= 4 is 17.6 Å². The Morgan fingerprint density at radius 1 is 1.00 bits per heavy atom. The fourth-order valence-corrected chi connectivity index (χ4v) is 2.21. The third kappa shape index (κ3) is 6.12. The average molecular weight is 357 g/mol. The molecule has 0 aliphatic carbocycles. The number of hydrogen-bond acceptors (Lipinski definition) is 5. The van der Waals surface area contributed by atoms with Crippen molar-refractivity contribution in [3.05, 3.63) is 53.6 Å². The summed E-state index contributed by atoms with van der Waals surface area (Å²) in [5.41, 5.74) is 2.65. The van der Waals surface area contributed by atoms with E-state index in [1.807, 2.05) is 44.2 Å². The molecule has 0 heterocycles. The predicted octanol–water partition coefficient (Wildman–Crippen LogP) is 3.26. The smallest absolute Gasteiger partial charge is 0.309 e. The van der Waals surface area contributed by atoms with E-state index in [2.05, 4.69) is 5.32 Å². The highest BCUT2D eigenvalue weighted by Gasteiger charge is 2.11. The fraction of sp³-hybridized carbons (Fsp3) is 0.300. The lowest BCUT2D eigenvalue weighted by molar-refractivity contribution is -0.147. The molecule has 0 atom stereocenters. The maximum absolute atomic E-state index is 11.9. The molecule has 2 aromatic rings. The van der Waals surface area contributed by atoms with Gasteiger partial charge in [0.25, 0.3) is 5.91 Å². The number of benzene rings is 2. The topological polar surface area (TPSA) is 73.9 Å². The molecule has 26 heavy (non-hydrogen) atoms. The molecule has 0 spiro atoms. The van der Waals surface area contributed by atoms with Crippen molar-refractivity contribution < 1.29 is 23.8 Å². The van der Waals surface area contributed by atoms with E-state index >= 15 is 0 Å². The minimum Gasteiger partial charge on any atom is -0.495 e. The number of nitrogens with one attached hydrogen (secondary N) is 1. The van der Waals surface area contributed by atoms with Gasteiger partial charge in [-0.1, -0.05) is 23.8 Å². The highest BCUT2D eigenvalue weighted by molar-refractivity contribution is 5.94. The van der Waals surface area contributed by atoms with Crippen molar-refractivity contribution in [1.82, 2.24) is 0 Å². The van der Waals surface area contributed by atoms with Gasteiger partial charge >= 0.3 is 5.97 Å². The summed E-state index contributed by atoms with van der Waals surface area (Å²) in [6.45, 7) is 3.72. The number of carbonyl (C=O) groups is 2. The van der Waals surface area contributed by atoms with Crippen molar-refractivity contribution in [2.75, 3.05) is 25.6 Å². The average Bonchev–Trinajstić information content (AvgIpc) is 2.62. The number of aryl methyl sites for hydroxylation is 2. The summed E-state index contributed by atoms with van der Waals surface area (Å²) in [7, 11) is 1.52. The van der Waals surface area contributed by atoms with E-state index in [1.165, 1.54) is 7.11 Å². The van der Waals surface area contributed by atoms with Crippen LogP contribution in [0, 0.1) is 13.8 Å². The molecule has 0 bridgehead atoms. The first-order valence-electron chi connectivity index (χ1n) is 8.27. The Kier molecular flexibility index (Phi) is 7.02. The Morgan fingerprint density at radius 2 is 1.69 bits per heavy atom. The van der Waals surface area contributed by atoms with Crippen molar-refractivity contribution in [2.24, 2.45) is 0 Å². The number of rotatable bonds is 8. The molecule has 2 aromatic carbocycles. The Morgan fingerprint density at radius 3 is 2.38 bits per heavy atom. The van der Waals surface area contributed by atoms with E-state index in [0.717, 1.165) is 11.1 Å². The van der Waals surface area contributed by atoms with Gasteiger partial charge in [0.05, 0.1) is 25.8 Å². The number of ether oxygens (including phenoxy) is 3. The van der Waals surface area contributed by atoms with Crippen LogP contribution in [0.3, 0.4) is 0 Å². The standard InChI is InChI=1S/C20H23NO5/c1-14-4-7-16(8-5-14)25-11-10-20(23)26-13-19(22)21-17-12-15(2)6-9-18(17)24-3/h4-9,12H,10-11,13H2,1-3H3,(H,21,22). The second kappa shape index (κ2) is 9.46. The number of carbonyl (C=O) groups excluding carboxylic acids is 2. The molecule has 0 fully saturated rings. The first kappa shape index (κ1) is 19.3. The number of methoxy groups -OCH3 is 1. The molecule has 6 nitrogen and oxygen atoms in total. The third-order valence-corrected chi connectivity index (χ3v) is 3.59. The summed E-state index contributed by atoms with van der Waals surface area (Å²) in [5.74, 6) is 0.305. The Balaban J connectivity index is 1.72. The minimum atomic E-state index is -0.497. The van der Waals surface area contributed by atoms with Gasteiger partial charge in [-0.05, 0) is 43.7 Å². The zero-order chi connectivity index (χ0) is 18.9. The van der Waals surface area contributed by atoms with Crippen molar-refractivity contribution in [2.45, 2.75) is 20.3 Å². The largest absolute Gasteiger partial charge is 0.495 e. The van der Waals surface area contributed by atoms with Crippen molar-refractivity contribution in [3.63, 3.8) is 0 Å². The normalized spacial score (nSPS) is 10.1. The van der Waals surface area contributed by atoms with E-state index in [1.54, 1.807) is 12.1 Å². The molecular formula is C20H23NO5. The quantitative estimate of drug-likeness (QED) is 0.734. The molecule has 0 radical (unpaired) electrons. The minimum absolute atomic E-state index is 0.0644. The summed E-state index contributed by atoms with van der Waals surface area (Å²) >= 11 is 0. The first-order valence-corrected chi connectivity index (χ1v) is 8.27. The molecule has 0 saturated carbocycles. The first-order chi connectivity index (χ1) is 12.5. The molecule has 0 unspecified atom stereocenters. The molecule has 6 heteroatoms. The van der Waals surface area contributed by atoms with Crippen LogP contribution in [0.25, 0.3) is 0 Å². The Hall–Kier alpha value is -3.02. The molecule has 0 aliphatic rings. The van der Waals surface area contributed by atoms with E-state index in [0.29, 0.717) is 17.2 Å². The summed E-state index contributed by atoms with van der Waals surface area (Å²) < 4.78 is 15.6. The summed E-state index contributed by atoms with van der Waals surface area (Å²) in [6, 6.07) is 13.0. The molecule has 0 aliphatic heterocycles. The van der Waals surface area contributed by atoms with E-state index < -0.39 is 11.9 Å². The van der Waals surface area contributed by atoms with Gasteiger partial charge in [0.1, 0.15) is 11.5 Å². The number of anilines is 1. The van der Waals surface area contributed by atoms with Crippen LogP contribution in [-0.2, 0) is 14.3 Å². The van der Waals surface area contributed by atoms with Gasteiger partial charge < -0.3 is 19.5 Å². The lowest BCUT2D eigenvalue weighted by atomic mass is 10.2. The van der Waals surface area contributed by atoms with Gasteiger partial charge in [-0.25, -0.2) is 0 Å². The van der Waals surface area contributed by atoms with Crippen LogP contribution in [0.4, 0.5) is 5.69 Å². The van der Waals surface area contributed by atoms with Gasteiger partial charge in [0.15, 0.2) is 6.61 Å². The van der Waals surface area contributed by atoms with Crippen LogP contribution in [0.15, 0.2) is 42.5 Å².